The summed E-state index contributed by atoms with van der Waals surface area (Å²) in [5, 5.41) is 18.2. The lowest BCUT2D eigenvalue weighted by Gasteiger charge is -2.37. The first kappa shape index (κ1) is 10.5. The van der Waals surface area contributed by atoms with E-state index in [1.807, 2.05) is 6.92 Å². The van der Waals surface area contributed by atoms with Crippen molar-refractivity contribution in [2.75, 3.05) is 13.2 Å². The predicted molar refractivity (Wildman–Crippen MR) is 46.4 cm³/mol. The van der Waals surface area contributed by atoms with Crippen molar-refractivity contribution in [2.45, 2.75) is 32.3 Å². The minimum absolute atomic E-state index is 0.170. The first-order chi connectivity index (χ1) is 6.04. The molecular weight excluding hydrogens is 172 g/mol. The minimum Gasteiger partial charge on any atom is -0.481 e. The molecule has 0 radical (unpaired) electrons. The number of aliphatic carboxylic acids is 1. The fourth-order valence-electron chi connectivity index (χ4n) is 1.58. The van der Waals surface area contributed by atoms with Crippen LogP contribution in [0.15, 0.2) is 0 Å². The van der Waals surface area contributed by atoms with Gasteiger partial charge in [0.15, 0.2) is 0 Å². The number of aliphatic hydroxyl groups is 1. The van der Waals surface area contributed by atoms with Gasteiger partial charge >= 0.3 is 5.97 Å². The van der Waals surface area contributed by atoms with Crippen molar-refractivity contribution >= 4 is 5.97 Å². The van der Waals surface area contributed by atoms with Crippen molar-refractivity contribution in [1.29, 1.82) is 0 Å². The maximum atomic E-state index is 10.4. The molecule has 1 aliphatic heterocycles. The normalized spacial score (nSPS) is 23.8. The molecule has 0 aliphatic carbocycles. The van der Waals surface area contributed by atoms with Gasteiger partial charge in [0.2, 0.25) is 0 Å². The van der Waals surface area contributed by atoms with Crippen molar-refractivity contribution in [3.05, 3.63) is 0 Å². The zero-order chi connectivity index (χ0) is 9.90. The van der Waals surface area contributed by atoms with Gasteiger partial charge < -0.3 is 14.9 Å². The highest BCUT2D eigenvalue weighted by Crippen LogP contribution is 2.34. The van der Waals surface area contributed by atoms with E-state index in [-0.39, 0.29) is 11.8 Å². The Bertz CT molecular complexity index is 184. The smallest absolute Gasteiger partial charge is 0.305 e. The molecule has 0 aromatic rings. The van der Waals surface area contributed by atoms with Crippen LogP contribution in [-0.4, -0.2) is 35.5 Å². The Labute approximate surface area is 77.5 Å². The number of ether oxygens (including phenoxy) is 1. The van der Waals surface area contributed by atoms with E-state index in [2.05, 4.69) is 0 Å². The molecule has 1 atom stereocenters. The highest BCUT2D eigenvalue weighted by Gasteiger charge is 2.35. The predicted octanol–water partition coefficient (Wildman–Crippen LogP) is 0.639. The molecule has 76 valence electrons. The number of rotatable bonds is 3. The van der Waals surface area contributed by atoms with Gasteiger partial charge in [-0.25, -0.2) is 0 Å². The molecule has 0 bridgehead atoms. The van der Waals surface area contributed by atoms with Gasteiger partial charge in [-0.1, -0.05) is 6.92 Å². The van der Waals surface area contributed by atoms with E-state index in [0.29, 0.717) is 13.2 Å². The fourth-order valence-corrected chi connectivity index (χ4v) is 1.58. The van der Waals surface area contributed by atoms with Gasteiger partial charge in [-0.15, -0.1) is 0 Å². The van der Waals surface area contributed by atoms with Crippen LogP contribution in [0, 0.1) is 5.41 Å². The number of aliphatic hydroxyl groups excluding tert-OH is 1. The van der Waals surface area contributed by atoms with E-state index < -0.39 is 12.1 Å². The molecule has 1 heterocycles. The minimum atomic E-state index is -0.944. The van der Waals surface area contributed by atoms with Gasteiger partial charge in [0.25, 0.3) is 0 Å². The topological polar surface area (TPSA) is 66.8 Å². The van der Waals surface area contributed by atoms with Gasteiger partial charge in [-0.3, -0.25) is 4.79 Å². The summed E-state index contributed by atoms with van der Waals surface area (Å²) in [6.45, 7) is 3.16. The monoisotopic (exact) mass is 188 g/mol. The molecule has 0 saturated carbocycles. The van der Waals surface area contributed by atoms with Crippen LogP contribution in [0.25, 0.3) is 0 Å². The average molecular weight is 188 g/mol. The Hall–Kier alpha value is -0.610. The molecule has 1 aliphatic rings. The van der Waals surface area contributed by atoms with Crippen LogP contribution in [0.5, 0.6) is 0 Å². The summed E-state index contributed by atoms with van der Waals surface area (Å²) in [6, 6.07) is 0. The third-order valence-electron chi connectivity index (χ3n) is 2.81. The lowest BCUT2D eigenvalue weighted by molar-refractivity contribution is -0.143. The number of carboxylic acids is 1. The summed E-state index contributed by atoms with van der Waals surface area (Å²) < 4.78 is 5.16. The Kier molecular flexibility index (Phi) is 3.27. The van der Waals surface area contributed by atoms with Crippen LogP contribution in [0.4, 0.5) is 0 Å². The Morgan fingerprint density at radius 1 is 1.54 bits per heavy atom. The van der Waals surface area contributed by atoms with Gasteiger partial charge in [0.05, 0.1) is 12.5 Å². The summed E-state index contributed by atoms with van der Waals surface area (Å²) in [4.78, 5) is 10.4. The molecule has 1 saturated heterocycles. The molecule has 4 nitrogen and oxygen atoms in total. The number of hydrogen-bond acceptors (Lipinski definition) is 3. The second-order valence-corrected chi connectivity index (χ2v) is 3.88. The molecular formula is C9H16O4. The summed E-state index contributed by atoms with van der Waals surface area (Å²) in [5.41, 5.74) is -0.281. The summed E-state index contributed by atoms with van der Waals surface area (Å²) in [6.07, 6.45) is 0.549. The zero-order valence-corrected chi connectivity index (χ0v) is 7.82. The van der Waals surface area contributed by atoms with Gasteiger partial charge in [-0.2, -0.15) is 0 Å². The van der Waals surface area contributed by atoms with Gasteiger partial charge in [0, 0.05) is 13.2 Å². The maximum absolute atomic E-state index is 10.4. The molecule has 0 unspecified atom stereocenters. The first-order valence-electron chi connectivity index (χ1n) is 4.52. The Balaban J connectivity index is 2.51. The average Bonchev–Trinajstić information content (AvgIpc) is 2.04. The van der Waals surface area contributed by atoms with E-state index >= 15 is 0 Å². The molecule has 0 amide bonds. The van der Waals surface area contributed by atoms with E-state index in [9.17, 15) is 9.90 Å². The largest absolute Gasteiger partial charge is 0.481 e. The van der Waals surface area contributed by atoms with Crippen LogP contribution in [0.1, 0.15) is 26.2 Å². The SMILES string of the molecule is CC1([C@@H](O)CC(=O)O)CCOCC1. The second kappa shape index (κ2) is 4.07. The number of carbonyl (C=O) groups is 1. The highest BCUT2D eigenvalue weighted by molar-refractivity contribution is 5.67. The van der Waals surface area contributed by atoms with E-state index in [4.69, 9.17) is 9.84 Å². The zero-order valence-electron chi connectivity index (χ0n) is 7.82. The van der Waals surface area contributed by atoms with Gasteiger partial charge in [0.1, 0.15) is 0 Å². The van der Waals surface area contributed by atoms with Crippen molar-refractivity contribution in [1.82, 2.24) is 0 Å². The molecule has 1 rings (SSSR count). The van der Waals surface area contributed by atoms with Crippen molar-refractivity contribution in [3.8, 4) is 0 Å². The molecule has 0 spiro atoms. The molecule has 1 fully saturated rings. The third kappa shape index (κ3) is 2.67. The lowest BCUT2D eigenvalue weighted by Crippen LogP contribution is -2.39. The van der Waals surface area contributed by atoms with Crippen molar-refractivity contribution in [3.63, 3.8) is 0 Å². The standard InChI is InChI=1S/C9H16O4/c1-9(2-4-13-5-3-9)7(10)6-8(11)12/h7,10H,2-6H2,1H3,(H,11,12)/t7-/m0/s1. The first-order valence-corrected chi connectivity index (χ1v) is 4.52. The van der Waals surface area contributed by atoms with Gasteiger partial charge in [-0.05, 0) is 18.3 Å². The Morgan fingerprint density at radius 3 is 2.54 bits per heavy atom. The quantitative estimate of drug-likeness (QED) is 0.682. The van der Waals surface area contributed by atoms with E-state index in [1.54, 1.807) is 0 Å². The summed E-state index contributed by atoms with van der Waals surface area (Å²) >= 11 is 0. The van der Waals surface area contributed by atoms with Crippen LogP contribution >= 0.6 is 0 Å². The van der Waals surface area contributed by atoms with Crippen molar-refractivity contribution in [2.24, 2.45) is 5.41 Å². The van der Waals surface area contributed by atoms with E-state index in [0.717, 1.165) is 12.8 Å². The second-order valence-electron chi connectivity index (χ2n) is 3.88. The van der Waals surface area contributed by atoms with Crippen LogP contribution in [0.3, 0.4) is 0 Å². The lowest BCUT2D eigenvalue weighted by atomic mass is 9.76. The number of hydrogen-bond donors (Lipinski definition) is 2. The maximum Gasteiger partial charge on any atom is 0.305 e. The Morgan fingerprint density at radius 2 is 2.08 bits per heavy atom. The molecule has 13 heavy (non-hydrogen) atoms. The summed E-state index contributed by atoms with van der Waals surface area (Å²) in [7, 11) is 0. The van der Waals surface area contributed by atoms with Crippen LogP contribution < -0.4 is 0 Å². The van der Waals surface area contributed by atoms with Crippen LogP contribution in [-0.2, 0) is 9.53 Å². The van der Waals surface area contributed by atoms with Crippen LogP contribution in [0.2, 0.25) is 0 Å². The van der Waals surface area contributed by atoms with Crippen molar-refractivity contribution < 1.29 is 19.7 Å². The fraction of sp³-hybridized carbons (Fsp3) is 0.889. The molecule has 0 aromatic heterocycles. The summed E-state index contributed by atoms with van der Waals surface area (Å²) in [5.74, 6) is -0.944. The molecule has 4 heteroatoms. The molecule has 2 N–H and O–H groups in total. The highest BCUT2D eigenvalue weighted by atomic mass is 16.5. The third-order valence-corrected chi connectivity index (χ3v) is 2.81. The van der Waals surface area contributed by atoms with E-state index in [1.165, 1.54) is 0 Å². The molecule has 0 aromatic carbocycles. The number of carboxylic acid groups (broad SMARTS) is 1.